The van der Waals surface area contributed by atoms with E-state index in [1.807, 2.05) is 6.07 Å². The highest BCUT2D eigenvalue weighted by atomic mass is 19.1. The zero-order valence-electron chi connectivity index (χ0n) is 23.2. The van der Waals surface area contributed by atoms with Crippen molar-refractivity contribution in [3.63, 3.8) is 0 Å². The Hall–Kier alpha value is -4.60. The monoisotopic (exact) mass is 589 g/mol. The average molecular weight is 590 g/mol. The second-order valence-electron chi connectivity index (χ2n) is 10.6. The van der Waals surface area contributed by atoms with Crippen LogP contribution in [-0.2, 0) is 24.4 Å². The number of hydrogen-bond acceptors (Lipinski definition) is 8. The summed E-state index contributed by atoms with van der Waals surface area (Å²) in [6.07, 6.45) is 2.36. The molecule has 1 atom stereocenters. The quantitative estimate of drug-likeness (QED) is 0.281. The second-order valence-corrected chi connectivity index (χ2v) is 10.6. The van der Waals surface area contributed by atoms with Gasteiger partial charge >= 0.3 is 5.97 Å². The number of rotatable bonds is 10. The number of benzene rings is 2. The number of pyridine rings is 1. The van der Waals surface area contributed by atoms with Gasteiger partial charge in [0, 0.05) is 25.8 Å². The van der Waals surface area contributed by atoms with Crippen LogP contribution in [0.1, 0.15) is 46.7 Å². The van der Waals surface area contributed by atoms with E-state index < -0.39 is 17.6 Å². The number of fused-ring (bicyclic) bond motifs is 1. The summed E-state index contributed by atoms with van der Waals surface area (Å²) in [5, 5.41) is 18.4. The SMILES string of the molecule is N#Cc1ccc(OCc2nc(OC3CCN(Cc4nc5ccc(C(=O)O)cc5n4C[C@@H]4CCO4)CC3)ccc2F)c(F)c1. The third-order valence-corrected chi connectivity index (χ3v) is 7.76. The van der Waals surface area contributed by atoms with Gasteiger partial charge in [0.1, 0.15) is 30.0 Å². The first-order valence-corrected chi connectivity index (χ1v) is 14.1. The minimum Gasteiger partial charge on any atom is -0.484 e. The molecule has 12 heteroatoms. The molecular formula is C31H29F2N5O5. The van der Waals surface area contributed by atoms with Crippen LogP contribution < -0.4 is 9.47 Å². The van der Waals surface area contributed by atoms with Crippen molar-refractivity contribution < 1.29 is 32.9 Å². The second kappa shape index (κ2) is 12.3. The minimum absolute atomic E-state index is 0.0147. The molecule has 6 rings (SSSR count). The average Bonchev–Trinajstić information content (AvgIpc) is 3.32. The van der Waals surface area contributed by atoms with E-state index in [2.05, 4.69) is 14.5 Å². The molecule has 2 saturated heterocycles. The molecule has 10 nitrogen and oxygen atoms in total. The van der Waals surface area contributed by atoms with E-state index in [0.29, 0.717) is 13.1 Å². The van der Waals surface area contributed by atoms with E-state index >= 15 is 0 Å². The summed E-state index contributed by atoms with van der Waals surface area (Å²) < 4.78 is 47.8. The van der Waals surface area contributed by atoms with Crippen molar-refractivity contribution in [2.75, 3.05) is 19.7 Å². The molecule has 2 aromatic heterocycles. The lowest BCUT2D eigenvalue weighted by atomic mass is 10.1. The number of ether oxygens (including phenoxy) is 3. The first kappa shape index (κ1) is 28.5. The number of carbonyl (C=O) groups is 1. The highest BCUT2D eigenvalue weighted by Gasteiger charge is 2.26. The fraction of sp³-hybridized carbons (Fsp3) is 0.355. The Labute approximate surface area is 246 Å². The van der Waals surface area contributed by atoms with Crippen molar-refractivity contribution in [2.45, 2.75) is 51.2 Å². The lowest BCUT2D eigenvalue weighted by Gasteiger charge is -2.32. The Morgan fingerprint density at radius 2 is 1.88 bits per heavy atom. The molecule has 2 aromatic carbocycles. The molecular weight excluding hydrogens is 560 g/mol. The molecule has 0 radical (unpaired) electrons. The van der Waals surface area contributed by atoms with Gasteiger partial charge in [-0.15, -0.1) is 0 Å². The lowest BCUT2D eigenvalue weighted by molar-refractivity contribution is -0.0592. The number of imidazole rings is 1. The van der Waals surface area contributed by atoms with Crippen LogP contribution >= 0.6 is 0 Å². The maximum Gasteiger partial charge on any atom is 0.335 e. The first-order valence-electron chi connectivity index (χ1n) is 14.1. The van der Waals surface area contributed by atoms with Crippen LogP contribution in [0, 0.1) is 23.0 Å². The molecule has 0 bridgehead atoms. The third-order valence-electron chi connectivity index (χ3n) is 7.76. The molecule has 1 N–H and O–H groups in total. The van der Waals surface area contributed by atoms with Gasteiger partial charge in [-0.05, 0) is 61.7 Å². The van der Waals surface area contributed by atoms with Gasteiger partial charge in [0.2, 0.25) is 5.88 Å². The molecule has 0 unspecified atom stereocenters. The zero-order chi connectivity index (χ0) is 29.9. The number of likely N-dealkylation sites (tertiary alicyclic amines) is 1. The molecule has 0 amide bonds. The van der Waals surface area contributed by atoms with Gasteiger partial charge in [-0.1, -0.05) is 0 Å². The Kier molecular flexibility index (Phi) is 8.18. The number of hydrogen-bond donors (Lipinski definition) is 1. The van der Waals surface area contributed by atoms with Gasteiger partial charge in [-0.25, -0.2) is 23.5 Å². The van der Waals surface area contributed by atoms with Crippen molar-refractivity contribution in [3.8, 4) is 17.7 Å². The molecule has 0 spiro atoms. The summed E-state index contributed by atoms with van der Waals surface area (Å²) in [6, 6.07) is 13.3. The Balaban J connectivity index is 1.07. The Morgan fingerprint density at radius 3 is 2.58 bits per heavy atom. The van der Waals surface area contributed by atoms with E-state index in [0.717, 1.165) is 61.9 Å². The molecule has 2 fully saturated rings. The van der Waals surface area contributed by atoms with Crippen LogP contribution in [0.25, 0.3) is 11.0 Å². The number of carboxylic acids is 1. The number of aromatic nitrogens is 3. The van der Waals surface area contributed by atoms with Crippen LogP contribution in [0.15, 0.2) is 48.5 Å². The van der Waals surface area contributed by atoms with Gasteiger partial charge in [0.15, 0.2) is 11.6 Å². The Bertz CT molecular complexity index is 1690. The lowest BCUT2D eigenvalue weighted by Crippen LogP contribution is -2.39. The highest BCUT2D eigenvalue weighted by Crippen LogP contribution is 2.26. The van der Waals surface area contributed by atoms with Crippen molar-refractivity contribution in [2.24, 2.45) is 0 Å². The molecule has 2 aliphatic rings. The summed E-state index contributed by atoms with van der Waals surface area (Å²) in [6.45, 7) is 3.12. The smallest absolute Gasteiger partial charge is 0.335 e. The van der Waals surface area contributed by atoms with E-state index in [1.165, 1.54) is 24.3 Å². The van der Waals surface area contributed by atoms with Gasteiger partial charge in [-0.2, -0.15) is 5.26 Å². The normalized spacial score (nSPS) is 17.4. The van der Waals surface area contributed by atoms with Crippen LogP contribution in [0.3, 0.4) is 0 Å². The molecule has 43 heavy (non-hydrogen) atoms. The van der Waals surface area contributed by atoms with Crippen LogP contribution in [-0.4, -0.2) is 62.4 Å². The summed E-state index contributed by atoms with van der Waals surface area (Å²) >= 11 is 0. The third kappa shape index (κ3) is 6.43. The fourth-order valence-corrected chi connectivity index (χ4v) is 5.28. The number of nitriles is 1. The zero-order valence-corrected chi connectivity index (χ0v) is 23.2. The predicted octanol–water partition coefficient (Wildman–Crippen LogP) is 4.69. The maximum absolute atomic E-state index is 14.4. The topological polar surface area (TPSA) is 123 Å². The number of halogens is 2. The van der Waals surface area contributed by atoms with Crippen LogP contribution in [0.4, 0.5) is 8.78 Å². The van der Waals surface area contributed by atoms with Gasteiger partial charge < -0.3 is 23.9 Å². The van der Waals surface area contributed by atoms with Gasteiger partial charge in [0.05, 0.1) is 47.4 Å². The van der Waals surface area contributed by atoms with Crippen LogP contribution in [0.5, 0.6) is 11.6 Å². The highest BCUT2D eigenvalue weighted by molar-refractivity contribution is 5.92. The summed E-state index contributed by atoms with van der Waals surface area (Å²) in [5.74, 6) is -1.27. The molecule has 4 aromatic rings. The maximum atomic E-state index is 14.4. The van der Waals surface area contributed by atoms with Crippen LogP contribution in [0.2, 0.25) is 0 Å². The van der Waals surface area contributed by atoms with Gasteiger partial charge in [-0.3, -0.25) is 4.90 Å². The minimum atomic E-state index is -0.978. The molecule has 0 saturated carbocycles. The van der Waals surface area contributed by atoms with Crippen molar-refractivity contribution >= 4 is 17.0 Å². The van der Waals surface area contributed by atoms with Gasteiger partial charge in [0.25, 0.3) is 0 Å². The Morgan fingerprint density at radius 1 is 1.07 bits per heavy atom. The molecule has 4 heterocycles. The number of aromatic carboxylic acids is 1. The van der Waals surface area contributed by atoms with E-state index in [-0.39, 0.29) is 47.3 Å². The fourth-order valence-electron chi connectivity index (χ4n) is 5.28. The molecule has 2 aliphatic heterocycles. The predicted molar refractivity (Wildman–Crippen MR) is 150 cm³/mol. The summed E-state index contributed by atoms with van der Waals surface area (Å²) in [7, 11) is 0. The molecule has 222 valence electrons. The van der Waals surface area contributed by atoms with Crippen molar-refractivity contribution in [1.29, 1.82) is 5.26 Å². The standard InChI is InChI=1S/C31H29F2N5O5/c32-23-3-6-30(36-26(23)18-42-28-5-1-19(15-34)13-24(28)33)43-21-7-10-37(11-8-21)17-29-35-25-4-2-20(31(39)40)14-27(25)38(29)16-22-9-12-41-22/h1-6,13-14,21-22H,7-12,16-18H2,(H,39,40)/t22-/m0/s1. The van der Waals surface area contributed by atoms with Crippen molar-refractivity contribution in [3.05, 3.63) is 82.8 Å². The van der Waals surface area contributed by atoms with E-state index in [1.54, 1.807) is 18.2 Å². The summed E-state index contributed by atoms with van der Waals surface area (Å²) in [4.78, 5) is 22.9. The number of nitrogens with zero attached hydrogens (tertiary/aromatic N) is 5. The number of piperidine rings is 1. The van der Waals surface area contributed by atoms with E-state index in [9.17, 15) is 18.7 Å². The first-order chi connectivity index (χ1) is 20.9. The number of carboxylic acid groups (broad SMARTS) is 1. The van der Waals surface area contributed by atoms with Crippen molar-refractivity contribution in [1.82, 2.24) is 19.4 Å². The summed E-state index contributed by atoms with van der Waals surface area (Å²) in [5.41, 5.74) is 1.90. The molecule has 0 aliphatic carbocycles. The largest absolute Gasteiger partial charge is 0.484 e. The van der Waals surface area contributed by atoms with E-state index in [4.69, 9.17) is 24.5 Å².